The van der Waals surface area contributed by atoms with Crippen molar-refractivity contribution in [2.24, 2.45) is 7.05 Å². The predicted molar refractivity (Wildman–Crippen MR) is 147 cm³/mol. The van der Waals surface area contributed by atoms with Crippen LogP contribution in [0.3, 0.4) is 0 Å². The number of hydrogen-bond acceptors (Lipinski definition) is 7. The minimum absolute atomic E-state index is 0.124. The molecule has 3 N–H and O–H groups in total. The Morgan fingerprint density at radius 2 is 1.92 bits per heavy atom. The van der Waals surface area contributed by atoms with Crippen LogP contribution in [-0.2, 0) is 18.4 Å². The van der Waals surface area contributed by atoms with Crippen molar-refractivity contribution < 1.29 is 23.7 Å². The third-order valence-corrected chi connectivity index (χ3v) is 9.35. The van der Waals surface area contributed by atoms with Crippen LogP contribution >= 0.6 is 10.8 Å². The fourth-order valence-corrected chi connectivity index (χ4v) is 7.22. The molecular weight excluding hydrogens is 504 g/mol. The number of methoxy groups -OCH3 is 1. The van der Waals surface area contributed by atoms with Crippen LogP contribution in [0.5, 0.6) is 5.75 Å². The van der Waals surface area contributed by atoms with Crippen LogP contribution in [0.15, 0.2) is 59.5 Å². The van der Waals surface area contributed by atoms with Gasteiger partial charge in [-0.15, -0.1) is 15.9 Å². The number of aryl methyl sites for hydroxylation is 2. The van der Waals surface area contributed by atoms with E-state index in [1.165, 1.54) is 0 Å². The van der Waals surface area contributed by atoms with Crippen molar-refractivity contribution in [3.63, 3.8) is 0 Å². The number of ether oxygens (including phenoxy) is 1. The molecule has 0 aliphatic carbocycles. The zero-order valence-electron chi connectivity index (χ0n) is 21.8. The topological polar surface area (TPSA) is 121 Å². The molecule has 38 heavy (non-hydrogen) atoms. The summed E-state index contributed by atoms with van der Waals surface area (Å²) in [6, 6.07) is 17.1. The normalized spacial score (nSPS) is 18.6. The highest BCUT2D eigenvalue weighted by molar-refractivity contribution is 8.22. The molecule has 200 valence electrons. The molecule has 0 fully saturated rings. The first-order valence-corrected chi connectivity index (χ1v) is 13.9. The van der Waals surface area contributed by atoms with Gasteiger partial charge in [-0.2, -0.15) is 4.31 Å². The third-order valence-electron chi connectivity index (χ3n) is 7.39. The lowest BCUT2D eigenvalue weighted by molar-refractivity contribution is -0.137. The second-order valence-electron chi connectivity index (χ2n) is 9.92. The van der Waals surface area contributed by atoms with E-state index in [1.807, 2.05) is 55.5 Å². The maximum atomic E-state index is 12.0. The molecule has 4 aromatic rings. The van der Waals surface area contributed by atoms with E-state index >= 15 is 0 Å². The lowest BCUT2D eigenvalue weighted by Gasteiger charge is -2.49. The molecule has 9 nitrogen and oxygen atoms in total. The molecular formula is C28H32N4O5S. The Hall–Kier alpha value is -3.44. The molecule has 0 bridgehead atoms. The van der Waals surface area contributed by atoms with Gasteiger partial charge in [-0.1, -0.05) is 48.5 Å². The Kier molecular flexibility index (Phi) is 6.91. The van der Waals surface area contributed by atoms with E-state index in [-0.39, 0.29) is 12.3 Å². The van der Waals surface area contributed by atoms with Gasteiger partial charge in [-0.25, -0.2) is 4.68 Å². The fourth-order valence-electron chi connectivity index (χ4n) is 5.34. The quantitative estimate of drug-likeness (QED) is 0.282. The Labute approximate surface area is 223 Å². The van der Waals surface area contributed by atoms with Gasteiger partial charge in [0.2, 0.25) is 0 Å². The second kappa shape index (κ2) is 10.0. The van der Waals surface area contributed by atoms with E-state index in [9.17, 15) is 19.0 Å². The molecule has 0 radical (unpaired) electrons. The number of benzene rings is 3. The van der Waals surface area contributed by atoms with E-state index in [0.717, 1.165) is 33.3 Å². The first-order chi connectivity index (χ1) is 18.1. The Balaban J connectivity index is 1.54. The molecule has 2 unspecified atom stereocenters. The fraction of sp³-hybridized carbons (Fsp3) is 0.321. The molecule has 3 aromatic carbocycles. The van der Waals surface area contributed by atoms with Crippen molar-refractivity contribution in [2.45, 2.75) is 43.5 Å². The summed E-state index contributed by atoms with van der Waals surface area (Å²) in [7, 11) is 0.187. The molecule has 0 saturated heterocycles. The highest BCUT2D eigenvalue weighted by Gasteiger charge is 2.35. The van der Waals surface area contributed by atoms with E-state index in [2.05, 4.69) is 17.2 Å². The number of carboxylic acids is 1. The number of aromatic nitrogens is 3. The zero-order chi connectivity index (χ0) is 27.2. The van der Waals surface area contributed by atoms with E-state index in [4.69, 9.17) is 4.74 Å². The van der Waals surface area contributed by atoms with Gasteiger partial charge < -0.3 is 9.84 Å². The zero-order valence-corrected chi connectivity index (χ0v) is 22.6. The van der Waals surface area contributed by atoms with Gasteiger partial charge >= 0.3 is 5.97 Å². The summed E-state index contributed by atoms with van der Waals surface area (Å²) >= 11 is 0. The standard InChI is InChI=1S/C28H32N4O5S/c1-17-9-10-19(11-21(17)16-32-15-18(2)22-7-5-6-8-26(22)38(32,35)36)23(14-27(33)34)20-12-24-28(25(13-20)37-4)31(3)30-29-24/h5-13,18,23,35-36H,14-16H2,1-4H3,(H,33,34). The van der Waals surface area contributed by atoms with Crippen LogP contribution in [-0.4, -0.2) is 53.1 Å². The van der Waals surface area contributed by atoms with Gasteiger partial charge in [-0.3, -0.25) is 13.9 Å². The molecule has 1 aliphatic heterocycles. The average Bonchev–Trinajstić information content (AvgIpc) is 3.27. The minimum Gasteiger partial charge on any atom is -0.494 e. The molecule has 0 saturated carbocycles. The minimum atomic E-state index is -3.16. The third kappa shape index (κ3) is 4.64. The van der Waals surface area contributed by atoms with Crippen molar-refractivity contribution >= 4 is 27.8 Å². The molecule has 0 amide bonds. The predicted octanol–water partition coefficient (Wildman–Crippen LogP) is 5.54. The lowest BCUT2D eigenvalue weighted by Crippen LogP contribution is -2.35. The van der Waals surface area contributed by atoms with Crippen molar-refractivity contribution in [1.29, 1.82) is 0 Å². The first-order valence-electron chi connectivity index (χ1n) is 12.4. The van der Waals surface area contributed by atoms with Gasteiger partial charge in [0.15, 0.2) is 0 Å². The highest BCUT2D eigenvalue weighted by Crippen LogP contribution is 2.58. The summed E-state index contributed by atoms with van der Waals surface area (Å²) in [5.74, 6) is -0.678. The monoisotopic (exact) mass is 536 g/mol. The molecule has 10 heteroatoms. The number of hydrogen-bond donors (Lipinski definition) is 3. The molecule has 2 heterocycles. The van der Waals surface area contributed by atoms with E-state index in [0.29, 0.717) is 29.3 Å². The van der Waals surface area contributed by atoms with Crippen LogP contribution in [0.25, 0.3) is 11.0 Å². The molecule has 2 atom stereocenters. The SMILES string of the molecule is COc1cc(C(CC(=O)O)c2ccc(C)c(CN3CC(C)c4ccccc4S3(O)O)c2)cc2nnn(C)c12. The maximum absolute atomic E-state index is 12.0. The number of aliphatic carboxylic acids is 1. The van der Waals surface area contributed by atoms with Gasteiger partial charge in [0.1, 0.15) is 16.8 Å². The summed E-state index contributed by atoms with van der Waals surface area (Å²) in [5, 5.41) is 18.1. The van der Waals surface area contributed by atoms with Gasteiger partial charge in [0.05, 0.1) is 18.4 Å². The van der Waals surface area contributed by atoms with Crippen LogP contribution in [0.2, 0.25) is 0 Å². The average molecular weight is 537 g/mol. The van der Waals surface area contributed by atoms with Crippen LogP contribution in [0.4, 0.5) is 0 Å². The number of rotatable bonds is 7. The van der Waals surface area contributed by atoms with Gasteiger partial charge in [-0.05, 0) is 58.9 Å². The number of fused-ring (bicyclic) bond motifs is 2. The Morgan fingerprint density at radius 1 is 1.16 bits per heavy atom. The molecule has 0 spiro atoms. The Bertz CT molecular complexity index is 1520. The number of carbonyl (C=O) groups is 1. The number of carboxylic acid groups (broad SMARTS) is 1. The Morgan fingerprint density at radius 3 is 2.66 bits per heavy atom. The lowest BCUT2D eigenvalue weighted by atomic mass is 9.86. The van der Waals surface area contributed by atoms with Gasteiger partial charge in [0.25, 0.3) is 0 Å². The summed E-state index contributed by atoms with van der Waals surface area (Å²) < 4.78 is 31.5. The van der Waals surface area contributed by atoms with Crippen molar-refractivity contribution in [1.82, 2.24) is 19.3 Å². The van der Waals surface area contributed by atoms with E-state index < -0.39 is 22.7 Å². The second-order valence-corrected chi connectivity index (χ2v) is 11.9. The van der Waals surface area contributed by atoms with E-state index in [1.54, 1.807) is 29.2 Å². The summed E-state index contributed by atoms with van der Waals surface area (Å²) in [6.45, 7) is 4.89. The van der Waals surface area contributed by atoms with Crippen molar-refractivity contribution in [3.05, 3.63) is 82.4 Å². The maximum Gasteiger partial charge on any atom is 0.304 e. The smallest absolute Gasteiger partial charge is 0.304 e. The molecule has 5 rings (SSSR count). The summed E-state index contributed by atoms with van der Waals surface area (Å²) in [5.41, 5.74) is 5.81. The molecule has 1 aliphatic rings. The number of nitrogens with zero attached hydrogens (tertiary/aromatic N) is 4. The summed E-state index contributed by atoms with van der Waals surface area (Å²) in [6.07, 6.45) is -0.124. The molecule has 1 aromatic heterocycles. The van der Waals surface area contributed by atoms with Crippen LogP contribution < -0.4 is 4.74 Å². The highest BCUT2D eigenvalue weighted by atomic mass is 32.3. The van der Waals surface area contributed by atoms with Crippen molar-refractivity contribution in [2.75, 3.05) is 13.7 Å². The van der Waals surface area contributed by atoms with Crippen LogP contribution in [0, 0.1) is 6.92 Å². The van der Waals surface area contributed by atoms with Gasteiger partial charge in [0, 0.05) is 26.1 Å². The summed E-state index contributed by atoms with van der Waals surface area (Å²) in [4.78, 5) is 12.5. The van der Waals surface area contributed by atoms with Crippen molar-refractivity contribution in [3.8, 4) is 5.75 Å². The first kappa shape index (κ1) is 26.2. The largest absolute Gasteiger partial charge is 0.494 e. The van der Waals surface area contributed by atoms with Crippen LogP contribution in [0.1, 0.15) is 53.0 Å².